The van der Waals surface area contributed by atoms with E-state index in [1.54, 1.807) is 34.6 Å². The van der Waals surface area contributed by atoms with Gasteiger partial charge in [-0.25, -0.2) is 14.0 Å². The van der Waals surface area contributed by atoms with Crippen LogP contribution in [0.25, 0.3) is 0 Å². The maximum atomic E-state index is 14.4. The maximum Gasteiger partial charge on any atom is 0.408 e. The van der Waals surface area contributed by atoms with Crippen LogP contribution < -0.4 is 10.6 Å². The molecule has 9 nitrogen and oxygen atoms in total. The van der Waals surface area contributed by atoms with E-state index >= 15 is 0 Å². The van der Waals surface area contributed by atoms with Crippen LogP contribution in [0.2, 0.25) is 0 Å². The second-order valence-electron chi connectivity index (χ2n) is 8.42. The van der Waals surface area contributed by atoms with Gasteiger partial charge in [0.25, 0.3) is 5.91 Å². The van der Waals surface area contributed by atoms with Gasteiger partial charge >= 0.3 is 12.1 Å². The average Bonchev–Trinajstić information content (AvgIpc) is 2.59. The molecule has 1 aromatic rings. The molecule has 1 aromatic carbocycles. The number of barbiturate groups is 1. The Kier molecular flexibility index (Phi) is 7.14. The van der Waals surface area contributed by atoms with E-state index in [1.165, 1.54) is 18.2 Å². The molecule has 1 aliphatic rings. The molecule has 0 aliphatic carbocycles. The predicted molar refractivity (Wildman–Crippen MR) is 107 cm³/mol. The first-order valence-electron chi connectivity index (χ1n) is 9.76. The van der Waals surface area contributed by atoms with Crippen LogP contribution in [0.1, 0.15) is 52.6 Å². The van der Waals surface area contributed by atoms with Crippen molar-refractivity contribution in [2.24, 2.45) is 5.92 Å². The molecule has 2 atom stereocenters. The van der Waals surface area contributed by atoms with Crippen LogP contribution in [-0.2, 0) is 19.1 Å². The molecule has 1 aliphatic heterocycles. The summed E-state index contributed by atoms with van der Waals surface area (Å²) in [5.74, 6) is -5.35. The van der Waals surface area contributed by atoms with Crippen LogP contribution in [0.5, 0.6) is 0 Å². The Labute approximate surface area is 179 Å². The number of hydrogen-bond donors (Lipinski definition) is 2. The number of rotatable bonds is 6. The van der Waals surface area contributed by atoms with Gasteiger partial charge in [0.2, 0.25) is 5.91 Å². The highest BCUT2D eigenvalue weighted by Gasteiger charge is 2.46. The van der Waals surface area contributed by atoms with Gasteiger partial charge in [-0.2, -0.15) is 0 Å². The number of ether oxygens (including phenoxy) is 1. The first kappa shape index (κ1) is 24.0. The molecule has 1 saturated heterocycles. The Balaban J connectivity index is 2.31. The third-order valence-corrected chi connectivity index (χ3v) is 4.41. The molecule has 10 heteroatoms. The standard InChI is InChI=1S/C21H26FN3O6/c1-11(2)25-18(28)16(17(27)24-19(25)29)15(26)10-14(12-8-6-7-9-13(12)22)23-20(30)31-21(3,4)5/h6-9,11,14,16H,10H2,1-5H3,(H,23,30)(H,24,27,29)/t14-,16?/m1/s1. The summed E-state index contributed by atoms with van der Waals surface area (Å²) in [6.07, 6.45) is -1.46. The average molecular weight is 435 g/mol. The van der Waals surface area contributed by atoms with Crippen molar-refractivity contribution in [2.45, 2.75) is 58.7 Å². The van der Waals surface area contributed by atoms with Gasteiger partial charge in [-0.1, -0.05) is 18.2 Å². The number of benzene rings is 1. The van der Waals surface area contributed by atoms with Gasteiger partial charge in [-0.05, 0) is 40.7 Å². The quantitative estimate of drug-likeness (QED) is 0.662. The molecular weight excluding hydrogens is 409 g/mol. The SMILES string of the molecule is CC(C)N1C(=O)NC(=O)C(C(=O)C[C@@H](NC(=O)OC(C)(C)C)c2ccccc2F)C1=O. The Morgan fingerprint density at radius 3 is 2.35 bits per heavy atom. The summed E-state index contributed by atoms with van der Waals surface area (Å²) in [7, 11) is 0. The van der Waals surface area contributed by atoms with Crippen LogP contribution in [0.3, 0.4) is 0 Å². The fourth-order valence-corrected chi connectivity index (χ4v) is 3.13. The highest BCUT2D eigenvalue weighted by atomic mass is 19.1. The smallest absolute Gasteiger partial charge is 0.408 e. The van der Waals surface area contributed by atoms with Crippen molar-refractivity contribution in [3.8, 4) is 0 Å². The molecule has 0 aromatic heterocycles. The molecule has 2 N–H and O–H groups in total. The van der Waals surface area contributed by atoms with Gasteiger partial charge in [0.05, 0.1) is 6.04 Å². The molecule has 1 unspecified atom stereocenters. The number of amides is 5. The van der Waals surface area contributed by atoms with Crippen LogP contribution in [0, 0.1) is 11.7 Å². The summed E-state index contributed by atoms with van der Waals surface area (Å²) in [6.45, 7) is 8.02. The van der Waals surface area contributed by atoms with Crippen LogP contribution in [0.15, 0.2) is 24.3 Å². The van der Waals surface area contributed by atoms with Gasteiger partial charge in [0, 0.05) is 18.0 Å². The summed E-state index contributed by atoms with van der Waals surface area (Å²) in [4.78, 5) is 62.8. The van der Waals surface area contributed by atoms with Crippen LogP contribution >= 0.6 is 0 Å². The van der Waals surface area contributed by atoms with E-state index in [1.807, 2.05) is 5.32 Å². The van der Waals surface area contributed by atoms with Crippen molar-refractivity contribution in [3.63, 3.8) is 0 Å². The second kappa shape index (κ2) is 9.23. The van der Waals surface area contributed by atoms with E-state index in [0.717, 1.165) is 11.0 Å². The summed E-state index contributed by atoms with van der Waals surface area (Å²) in [5.41, 5.74) is -0.854. The zero-order chi connectivity index (χ0) is 23.5. The molecule has 0 bridgehead atoms. The topological polar surface area (TPSA) is 122 Å². The van der Waals surface area contributed by atoms with E-state index in [2.05, 4.69) is 5.32 Å². The first-order chi connectivity index (χ1) is 14.3. The summed E-state index contributed by atoms with van der Waals surface area (Å²) in [6, 6.07) is 2.79. The number of carbonyl (C=O) groups is 5. The van der Waals surface area contributed by atoms with Crippen molar-refractivity contribution in [2.75, 3.05) is 0 Å². The van der Waals surface area contributed by atoms with Gasteiger partial charge < -0.3 is 10.1 Å². The van der Waals surface area contributed by atoms with E-state index in [-0.39, 0.29) is 5.56 Å². The van der Waals surface area contributed by atoms with E-state index in [0.29, 0.717) is 0 Å². The Morgan fingerprint density at radius 2 is 1.81 bits per heavy atom. The van der Waals surface area contributed by atoms with Crippen molar-refractivity contribution < 1.29 is 33.1 Å². The minimum atomic E-state index is -1.78. The van der Waals surface area contributed by atoms with Crippen LogP contribution in [-0.4, -0.2) is 46.3 Å². The number of ketones is 1. The predicted octanol–water partition coefficient (Wildman–Crippen LogP) is 2.45. The van der Waals surface area contributed by atoms with E-state index < -0.39 is 65.6 Å². The number of nitrogens with zero attached hydrogens (tertiary/aromatic N) is 1. The van der Waals surface area contributed by atoms with Crippen molar-refractivity contribution in [3.05, 3.63) is 35.6 Å². The minimum absolute atomic E-state index is 0.0119. The van der Waals surface area contributed by atoms with Gasteiger partial charge in [-0.15, -0.1) is 0 Å². The number of carbonyl (C=O) groups excluding carboxylic acids is 5. The highest BCUT2D eigenvalue weighted by Crippen LogP contribution is 2.25. The lowest BCUT2D eigenvalue weighted by Crippen LogP contribution is -2.61. The summed E-state index contributed by atoms with van der Waals surface area (Å²) < 4.78 is 19.6. The molecule has 0 radical (unpaired) electrons. The normalized spacial score (nSPS) is 18.0. The molecule has 31 heavy (non-hydrogen) atoms. The number of hydrogen-bond acceptors (Lipinski definition) is 6. The highest BCUT2D eigenvalue weighted by molar-refractivity contribution is 6.26. The zero-order valence-corrected chi connectivity index (χ0v) is 18.0. The van der Waals surface area contributed by atoms with Crippen molar-refractivity contribution in [1.82, 2.24) is 15.5 Å². The largest absolute Gasteiger partial charge is 0.444 e. The van der Waals surface area contributed by atoms with E-state index in [4.69, 9.17) is 4.74 Å². The molecule has 0 saturated carbocycles. The first-order valence-corrected chi connectivity index (χ1v) is 9.76. The number of imide groups is 2. The van der Waals surface area contributed by atoms with Gasteiger partial charge in [-0.3, -0.25) is 24.6 Å². The van der Waals surface area contributed by atoms with Gasteiger partial charge in [0.15, 0.2) is 11.7 Å². The van der Waals surface area contributed by atoms with Gasteiger partial charge in [0.1, 0.15) is 11.4 Å². The Bertz CT molecular complexity index is 909. The molecule has 1 fully saturated rings. The monoisotopic (exact) mass is 435 g/mol. The molecule has 2 rings (SSSR count). The van der Waals surface area contributed by atoms with Crippen LogP contribution in [0.4, 0.5) is 14.0 Å². The minimum Gasteiger partial charge on any atom is -0.444 e. The van der Waals surface area contributed by atoms with Crippen molar-refractivity contribution in [1.29, 1.82) is 0 Å². The Hall–Kier alpha value is -3.30. The number of alkyl carbamates (subject to hydrolysis) is 1. The molecular formula is C21H26FN3O6. The molecule has 5 amide bonds. The lowest BCUT2D eigenvalue weighted by molar-refractivity contribution is -0.148. The fraction of sp³-hybridized carbons (Fsp3) is 0.476. The van der Waals surface area contributed by atoms with E-state index in [9.17, 15) is 28.4 Å². The second-order valence-corrected chi connectivity index (χ2v) is 8.42. The number of halogens is 1. The molecule has 168 valence electrons. The molecule has 1 heterocycles. The summed E-state index contributed by atoms with van der Waals surface area (Å²) in [5, 5.41) is 4.42. The number of Topliss-reactive ketones (excluding diaryl/α,β-unsaturated/α-hetero) is 1. The lowest BCUT2D eigenvalue weighted by Gasteiger charge is -2.32. The number of urea groups is 1. The zero-order valence-electron chi connectivity index (χ0n) is 18.0. The summed E-state index contributed by atoms with van der Waals surface area (Å²) >= 11 is 0. The Morgan fingerprint density at radius 1 is 1.19 bits per heavy atom. The lowest BCUT2D eigenvalue weighted by atomic mass is 9.91. The fourth-order valence-electron chi connectivity index (χ4n) is 3.13. The van der Waals surface area contributed by atoms with Crippen molar-refractivity contribution >= 4 is 29.7 Å². The maximum absolute atomic E-state index is 14.4. The number of nitrogens with one attached hydrogen (secondary N) is 2. The third kappa shape index (κ3) is 5.87. The third-order valence-electron chi connectivity index (χ3n) is 4.41. The molecule has 0 spiro atoms.